The van der Waals surface area contributed by atoms with Crippen LogP contribution in [0.5, 0.6) is 0 Å². The van der Waals surface area contributed by atoms with Crippen LogP contribution in [0.15, 0.2) is 6.07 Å². The summed E-state index contributed by atoms with van der Waals surface area (Å²) in [6.45, 7) is 6.96. The Kier molecular flexibility index (Phi) is 3.48. The van der Waals surface area contributed by atoms with Crippen LogP contribution in [-0.2, 0) is 0 Å². The monoisotopic (exact) mass is 199 g/mol. The van der Waals surface area contributed by atoms with Crippen molar-refractivity contribution < 1.29 is 0 Å². The Morgan fingerprint density at radius 3 is 2.69 bits per heavy atom. The lowest BCUT2D eigenvalue weighted by molar-refractivity contribution is 0.814. The van der Waals surface area contributed by atoms with E-state index in [1.807, 2.05) is 6.92 Å². The molecule has 1 N–H and O–H groups in total. The molecule has 0 atom stereocenters. The zero-order valence-electron chi connectivity index (χ0n) is 8.13. The van der Waals surface area contributed by atoms with Gasteiger partial charge >= 0.3 is 0 Å². The molecule has 3 nitrogen and oxygen atoms in total. The highest BCUT2D eigenvalue weighted by atomic mass is 35.5. The summed E-state index contributed by atoms with van der Waals surface area (Å²) in [5.74, 6) is 0.983. The number of nitrogens with one attached hydrogen (secondary N) is 1. The summed E-state index contributed by atoms with van der Waals surface area (Å²) in [5, 5.41) is 3.53. The van der Waals surface area contributed by atoms with Crippen molar-refractivity contribution in [1.82, 2.24) is 9.97 Å². The largest absolute Gasteiger partial charge is 0.354 e. The number of aromatic nitrogens is 2. The third-order valence-corrected chi connectivity index (χ3v) is 1.83. The number of rotatable bonds is 3. The van der Waals surface area contributed by atoms with Crippen LogP contribution in [0.4, 0.5) is 5.95 Å². The van der Waals surface area contributed by atoms with E-state index in [1.54, 1.807) is 6.07 Å². The van der Waals surface area contributed by atoms with Crippen LogP contribution < -0.4 is 5.32 Å². The third kappa shape index (κ3) is 2.84. The Balaban J connectivity index is 2.96. The standard InChI is InChI=1S/C9H14ClN3/c1-4-11-9-12-7(6(2)3)5-8(10)13-9/h5-6H,4H2,1-3H3,(H,11,12,13). The van der Waals surface area contributed by atoms with Crippen LogP contribution in [0.3, 0.4) is 0 Å². The van der Waals surface area contributed by atoms with Gasteiger partial charge in [-0.2, -0.15) is 0 Å². The minimum absolute atomic E-state index is 0.373. The highest BCUT2D eigenvalue weighted by Crippen LogP contribution is 2.17. The molecule has 1 heterocycles. The van der Waals surface area contributed by atoms with Gasteiger partial charge in [0.2, 0.25) is 5.95 Å². The number of halogens is 1. The van der Waals surface area contributed by atoms with E-state index < -0.39 is 0 Å². The first-order chi connectivity index (χ1) is 6.13. The molecule has 13 heavy (non-hydrogen) atoms. The van der Waals surface area contributed by atoms with Gasteiger partial charge in [-0.15, -0.1) is 0 Å². The fourth-order valence-electron chi connectivity index (χ4n) is 0.968. The first kappa shape index (κ1) is 10.3. The average molecular weight is 200 g/mol. The molecule has 0 saturated heterocycles. The van der Waals surface area contributed by atoms with E-state index in [0.29, 0.717) is 17.0 Å². The van der Waals surface area contributed by atoms with E-state index in [9.17, 15) is 0 Å². The predicted octanol–water partition coefficient (Wildman–Crippen LogP) is 2.69. The Bertz CT molecular complexity index is 286. The quantitative estimate of drug-likeness (QED) is 0.761. The minimum atomic E-state index is 0.373. The molecule has 1 aromatic heterocycles. The normalized spacial score (nSPS) is 10.5. The topological polar surface area (TPSA) is 37.8 Å². The molecule has 1 aromatic rings. The number of anilines is 1. The van der Waals surface area contributed by atoms with Crippen LogP contribution in [0.2, 0.25) is 5.15 Å². The maximum absolute atomic E-state index is 5.84. The molecule has 0 aliphatic carbocycles. The first-order valence-electron chi connectivity index (χ1n) is 4.41. The minimum Gasteiger partial charge on any atom is -0.354 e. The van der Waals surface area contributed by atoms with Gasteiger partial charge in [0.15, 0.2) is 0 Å². The van der Waals surface area contributed by atoms with Crippen molar-refractivity contribution in [3.63, 3.8) is 0 Å². The summed E-state index contributed by atoms with van der Waals surface area (Å²) in [5.41, 5.74) is 0.968. The summed E-state index contributed by atoms with van der Waals surface area (Å²) in [6, 6.07) is 1.80. The van der Waals surface area contributed by atoms with Gasteiger partial charge in [-0.1, -0.05) is 25.4 Å². The maximum atomic E-state index is 5.84. The molecular weight excluding hydrogens is 186 g/mol. The third-order valence-electron chi connectivity index (χ3n) is 1.64. The SMILES string of the molecule is CCNc1nc(Cl)cc(C(C)C)n1. The van der Waals surface area contributed by atoms with Crippen molar-refractivity contribution in [1.29, 1.82) is 0 Å². The van der Waals surface area contributed by atoms with Gasteiger partial charge in [0.05, 0.1) is 5.69 Å². The van der Waals surface area contributed by atoms with Gasteiger partial charge in [0.25, 0.3) is 0 Å². The molecule has 0 aliphatic rings. The van der Waals surface area contributed by atoms with E-state index in [4.69, 9.17) is 11.6 Å². The summed E-state index contributed by atoms with van der Waals surface area (Å²) in [6.07, 6.45) is 0. The van der Waals surface area contributed by atoms with Crippen LogP contribution in [0, 0.1) is 0 Å². The van der Waals surface area contributed by atoms with Gasteiger partial charge < -0.3 is 5.32 Å². The van der Waals surface area contributed by atoms with Crippen LogP contribution in [0.25, 0.3) is 0 Å². The van der Waals surface area contributed by atoms with Crippen LogP contribution >= 0.6 is 11.6 Å². The molecule has 0 radical (unpaired) electrons. The number of nitrogens with zero attached hydrogens (tertiary/aromatic N) is 2. The molecule has 0 unspecified atom stereocenters. The maximum Gasteiger partial charge on any atom is 0.224 e. The molecule has 0 spiro atoms. The average Bonchev–Trinajstić information content (AvgIpc) is 2.03. The Morgan fingerprint density at radius 2 is 2.15 bits per heavy atom. The van der Waals surface area contributed by atoms with Crippen LogP contribution in [0.1, 0.15) is 32.4 Å². The fourth-order valence-corrected chi connectivity index (χ4v) is 1.16. The molecule has 0 bridgehead atoms. The zero-order valence-corrected chi connectivity index (χ0v) is 8.89. The van der Waals surface area contributed by atoms with Gasteiger partial charge in [-0.25, -0.2) is 9.97 Å². The highest BCUT2D eigenvalue weighted by Gasteiger charge is 2.05. The molecule has 0 saturated carbocycles. The zero-order chi connectivity index (χ0) is 9.84. The number of hydrogen-bond donors (Lipinski definition) is 1. The van der Waals surface area contributed by atoms with E-state index in [2.05, 4.69) is 29.1 Å². The summed E-state index contributed by atoms with van der Waals surface area (Å²) < 4.78 is 0. The van der Waals surface area contributed by atoms with Gasteiger partial charge in [-0.3, -0.25) is 0 Å². The summed E-state index contributed by atoms with van der Waals surface area (Å²) >= 11 is 5.84. The second-order valence-corrected chi connectivity index (χ2v) is 3.51. The van der Waals surface area contributed by atoms with Crippen molar-refractivity contribution in [2.24, 2.45) is 0 Å². The van der Waals surface area contributed by atoms with E-state index in [0.717, 1.165) is 12.2 Å². The number of hydrogen-bond acceptors (Lipinski definition) is 3. The van der Waals surface area contributed by atoms with E-state index >= 15 is 0 Å². The molecule has 1 rings (SSSR count). The van der Waals surface area contributed by atoms with Crippen molar-refractivity contribution in [3.8, 4) is 0 Å². The fraction of sp³-hybridized carbons (Fsp3) is 0.556. The lowest BCUT2D eigenvalue weighted by Crippen LogP contribution is -2.05. The molecule has 0 aliphatic heterocycles. The first-order valence-corrected chi connectivity index (χ1v) is 4.79. The second kappa shape index (κ2) is 4.42. The molecule has 0 fully saturated rings. The summed E-state index contributed by atoms with van der Waals surface area (Å²) in [4.78, 5) is 8.37. The van der Waals surface area contributed by atoms with E-state index in [-0.39, 0.29) is 0 Å². The van der Waals surface area contributed by atoms with Gasteiger partial charge in [0, 0.05) is 6.54 Å². The van der Waals surface area contributed by atoms with Gasteiger partial charge in [-0.05, 0) is 18.9 Å². The van der Waals surface area contributed by atoms with Crippen molar-refractivity contribution >= 4 is 17.5 Å². The smallest absolute Gasteiger partial charge is 0.224 e. The lowest BCUT2D eigenvalue weighted by Gasteiger charge is -2.07. The van der Waals surface area contributed by atoms with Gasteiger partial charge in [0.1, 0.15) is 5.15 Å². The van der Waals surface area contributed by atoms with Crippen molar-refractivity contribution in [2.45, 2.75) is 26.7 Å². The molecular formula is C9H14ClN3. The molecule has 72 valence electrons. The molecule has 0 aromatic carbocycles. The molecule has 4 heteroatoms. The Morgan fingerprint density at radius 1 is 1.46 bits per heavy atom. The molecule has 0 amide bonds. The summed E-state index contributed by atoms with van der Waals surface area (Å²) in [7, 11) is 0. The van der Waals surface area contributed by atoms with E-state index in [1.165, 1.54) is 0 Å². The van der Waals surface area contributed by atoms with Crippen LogP contribution in [-0.4, -0.2) is 16.5 Å². The Hall–Kier alpha value is -0.830. The Labute approximate surface area is 83.5 Å². The highest BCUT2D eigenvalue weighted by molar-refractivity contribution is 6.29. The predicted molar refractivity (Wildman–Crippen MR) is 55.3 cm³/mol. The van der Waals surface area contributed by atoms with Crippen molar-refractivity contribution in [3.05, 3.63) is 16.9 Å². The second-order valence-electron chi connectivity index (χ2n) is 3.12. The van der Waals surface area contributed by atoms with Crippen molar-refractivity contribution in [2.75, 3.05) is 11.9 Å². The lowest BCUT2D eigenvalue weighted by atomic mass is 10.1.